The Morgan fingerprint density at radius 3 is 2.91 bits per heavy atom. The van der Waals surface area contributed by atoms with Crippen LogP contribution in [-0.4, -0.2) is 30.1 Å². The van der Waals surface area contributed by atoms with Crippen LogP contribution in [0.4, 0.5) is 5.69 Å². The van der Waals surface area contributed by atoms with Gasteiger partial charge in [-0.05, 0) is 53.0 Å². The monoisotopic (exact) mass is 392 g/mol. The van der Waals surface area contributed by atoms with Crippen LogP contribution in [0, 0.1) is 0 Å². The fraction of sp³-hybridized carbons (Fsp3) is 0.353. The molecular weight excluding hydrogens is 376 g/mol. The van der Waals surface area contributed by atoms with Crippen LogP contribution in [0.15, 0.2) is 40.2 Å². The maximum absolute atomic E-state index is 13.0. The van der Waals surface area contributed by atoms with Gasteiger partial charge in [0.25, 0.3) is 5.91 Å². The molecule has 2 aromatic rings. The van der Waals surface area contributed by atoms with E-state index >= 15 is 0 Å². The molecule has 3 heterocycles. The van der Waals surface area contributed by atoms with Crippen LogP contribution in [0.25, 0.3) is 0 Å². The summed E-state index contributed by atoms with van der Waals surface area (Å²) in [7, 11) is 0. The minimum atomic E-state index is -0.141. The summed E-state index contributed by atoms with van der Waals surface area (Å²) in [5.74, 6) is 0.0735. The van der Waals surface area contributed by atoms with Crippen LogP contribution in [0.3, 0.4) is 0 Å². The molecule has 1 N–H and O–H groups in total. The zero-order valence-electron chi connectivity index (χ0n) is 12.5. The van der Waals surface area contributed by atoms with E-state index in [1.54, 1.807) is 11.3 Å². The number of carbonyl (C=O) groups excluding carboxylic acids is 1. The van der Waals surface area contributed by atoms with Crippen LogP contribution in [-0.2, 0) is 4.74 Å². The molecule has 0 unspecified atom stereocenters. The van der Waals surface area contributed by atoms with Gasteiger partial charge in [0.1, 0.15) is 6.17 Å². The predicted octanol–water partition coefficient (Wildman–Crippen LogP) is 4.26. The number of hydrogen-bond donors (Lipinski definition) is 1. The number of rotatable bonds is 3. The Labute approximate surface area is 147 Å². The number of hydrogen-bond acceptors (Lipinski definition) is 4. The molecule has 2 aliphatic rings. The van der Waals surface area contributed by atoms with E-state index in [1.165, 1.54) is 0 Å². The Hall–Kier alpha value is -1.37. The molecule has 120 valence electrons. The van der Waals surface area contributed by atoms with Crippen LogP contribution >= 0.6 is 27.3 Å². The molecule has 6 heteroatoms. The van der Waals surface area contributed by atoms with E-state index in [0.29, 0.717) is 6.54 Å². The first-order chi connectivity index (χ1) is 11.2. The fourth-order valence-corrected chi connectivity index (χ4v) is 4.68. The SMILES string of the molecule is O=C1c2ccccc2N[C@H](c2ccc(Br)s2)N1C[C@H]1CCCO1. The van der Waals surface area contributed by atoms with Crippen LogP contribution in [0.2, 0.25) is 0 Å². The van der Waals surface area contributed by atoms with Gasteiger partial charge in [-0.2, -0.15) is 0 Å². The molecule has 1 fully saturated rings. The second-order valence-corrected chi connectivity index (χ2v) is 8.32. The van der Waals surface area contributed by atoms with Crippen molar-refractivity contribution in [3.05, 3.63) is 50.6 Å². The lowest BCUT2D eigenvalue weighted by molar-refractivity contribution is 0.0430. The number of amides is 1. The van der Waals surface area contributed by atoms with Crippen molar-refractivity contribution in [2.24, 2.45) is 0 Å². The van der Waals surface area contributed by atoms with E-state index in [4.69, 9.17) is 4.74 Å². The number of nitrogens with one attached hydrogen (secondary N) is 1. The molecule has 2 atom stereocenters. The normalized spacial score (nSPS) is 23.7. The van der Waals surface area contributed by atoms with Gasteiger partial charge in [-0.1, -0.05) is 12.1 Å². The van der Waals surface area contributed by atoms with Crippen molar-refractivity contribution in [1.29, 1.82) is 0 Å². The van der Waals surface area contributed by atoms with Gasteiger partial charge in [0.15, 0.2) is 0 Å². The van der Waals surface area contributed by atoms with Crippen molar-refractivity contribution >= 4 is 38.9 Å². The maximum Gasteiger partial charge on any atom is 0.257 e. The molecule has 1 aromatic heterocycles. The smallest absolute Gasteiger partial charge is 0.257 e. The number of benzene rings is 1. The highest BCUT2D eigenvalue weighted by molar-refractivity contribution is 9.11. The van der Waals surface area contributed by atoms with E-state index in [-0.39, 0.29) is 18.2 Å². The number of fused-ring (bicyclic) bond motifs is 1. The number of anilines is 1. The van der Waals surface area contributed by atoms with Gasteiger partial charge in [-0.3, -0.25) is 4.79 Å². The first kappa shape index (κ1) is 15.2. The Morgan fingerprint density at radius 2 is 2.17 bits per heavy atom. The summed E-state index contributed by atoms with van der Waals surface area (Å²) in [6, 6.07) is 11.8. The third kappa shape index (κ3) is 2.91. The quantitative estimate of drug-likeness (QED) is 0.848. The largest absolute Gasteiger partial charge is 0.376 e. The lowest BCUT2D eigenvalue weighted by atomic mass is 10.1. The molecule has 0 saturated carbocycles. The molecule has 0 spiro atoms. The first-order valence-electron chi connectivity index (χ1n) is 7.76. The maximum atomic E-state index is 13.0. The first-order valence-corrected chi connectivity index (χ1v) is 9.37. The average molecular weight is 393 g/mol. The number of thiophene rings is 1. The van der Waals surface area contributed by atoms with Gasteiger partial charge >= 0.3 is 0 Å². The molecule has 2 aliphatic heterocycles. The topological polar surface area (TPSA) is 41.6 Å². The van der Waals surface area contributed by atoms with Gasteiger partial charge in [0.2, 0.25) is 0 Å². The number of para-hydroxylation sites is 1. The second-order valence-electron chi connectivity index (χ2n) is 5.83. The van der Waals surface area contributed by atoms with Crippen molar-refractivity contribution in [3.8, 4) is 0 Å². The minimum Gasteiger partial charge on any atom is -0.376 e. The standard InChI is InChI=1S/C17H17BrN2O2S/c18-15-8-7-14(23-15)16-19-13-6-2-1-5-12(13)17(21)20(16)10-11-4-3-9-22-11/h1-2,5-8,11,16,19H,3-4,9-10H2/t11-,16+/m1/s1. The highest BCUT2D eigenvalue weighted by atomic mass is 79.9. The Bertz CT molecular complexity index is 727. The molecule has 1 amide bonds. The number of carbonyl (C=O) groups is 1. The highest BCUT2D eigenvalue weighted by Gasteiger charge is 2.35. The van der Waals surface area contributed by atoms with Crippen LogP contribution in [0.1, 0.15) is 34.2 Å². The van der Waals surface area contributed by atoms with Crippen LogP contribution < -0.4 is 5.32 Å². The molecule has 0 radical (unpaired) electrons. The van der Waals surface area contributed by atoms with Crippen molar-refractivity contribution in [1.82, 2.24) is 4.90 Å². The molecule has 0 aliphatic carbocycles. The van der Waals surface area contributed by atoms with Crippen molar-refractivity contribution < 1.29 is 9.53 Å². The summed E-state index contributed by atoms with van der Waals surface area (Å²) in [5, 5.41) is 3.52. The summed E-state index contributed by atoms with van der Waals surface area (Å²) in [6.07, 6.45) is 2.09. The van der Waals surface area contributed by atoms with Gasteiger partial charge in [0, 0.05) is 23.7 Å². The summed E-state index contributed by atoms with van der Waals surface area (Å²) < 4.78 is 6.82. The summed E-state index contributed by atoms with van der Waals surface area (Å²) >= 11 is 5.17. The molecule has 1 saturated heterocycles. The van der Waals surface area contributed by atoms with Gasteiger partial charge in [-0.15, -0.1) is 11.3 Å². The molecule has 23 heavy (non-hydrogen) atoms. The number of halogens is 1. The van der Waals surface area contributed by atoms with Crippen molar-refractivity contribution in [3.63, 3.8) is 0 Å². The lowest BCUT2D eigenvalue weighted by Crippen LogP contribution is -2.46. The van der Waals surface area contributed by atoms with Crippen LogP contribution in [0.5, 0.6) is 0 Å². The Kier molecular flexibility index (Phi) is 4.13. The predicted molar refractivity (Wildman–Crippen MR) is 94.8 cm³/mol. The summed E-state index contributed by atoms with van der Waals surface area (Å²) in [6.45, 7) is 1.42. The molecule has 0 bridgehead atoms. The van der Waals surface area contributed by atoms with Crippen molar-refractivity contribution in [2.75, 3.05) is 18.5 Å². The molecule has 4 nitrogen and oxygen atoms in total. The van der Waals surface area contributed by atoms with Gasteiger partial charge < -0.3 is 15.0 Å². The minimum absolute atomic E-state index is 0.0735. The number of ether oxygens (including phenoxy) is 1. The lowest BCUT2D eigenvalue weighted by Gasteiger charge is -2.38. The zero-order chi connectivity index (χ0) is 15.8. The molecular formula is C17H17BrN2O2S. The summed E-state index contributed by atoms with van der Waals surface area (Å²) in [4.78, 5) is 16.1. The fourth-order valence-electron chi connectivity index (χ4n) is 3.19. The van der Waals surface area contributed by atoms with Crippen molar-refractivity contribution in [2.45, 2.75) is 25.1 Å². The van der Waals surface area contributed by atoms with E-state index in [1.807, 2.05) is 35.2 Å². The van der Waals surface area contributed by atoms with E-state index < -0.39 is 0 Å². The Morgan fingerprint density at radius 1 is 1.30 bits per heavy atom. The highest BCUT2D eigenvalue weighted by Crippen LogP contribution is 2.37. The molecule has 4 rings (SSSR count). The third-order valence-electron chi connectivity index (χ3n) is 4.31. The molecule has 1 aromatic carbocycles. The van der Waals surface area contributed by atoms with Gasteiger partial charge in [0.05, 0.1) is 15.5 Å². The van der Waals surface area contributed by atoms with E-state index in [0.717, 1.165) is 39.4 Å². The van der Waals surface area contributed by atoms with Gasteiger partial charge in [-0.25, -0.2) is 0 Å². The third-order valence-corrected chi connectivity index (χ3v) is 5.99. The average Bonchev–Trinajstić information content (AvgIpc) is 3.21. The van der Waals surface area contributed by atoms with E-state index in [2.05, 4.69) is 27.3 Å². The Balaban J connectivity index is 1.70. The summed E-state index contributed by atoms with van der Waals surface area (Å²) in [5.41, 5.74) is 1.63. The van der Waals surface area contributed by atoms with E-state index in [9.17, 15) is 4.79 Å². The zero-order valence-corrected chi connectivity index (χ0v) is 14.9. The number of nitrogens with zero attached hydrogens (tertiary/aromatic N) is 1. The second kappa shape index (κ2) is 6.26.